The molecule has 23 heteroatoms. The van der Waals surface area contributed by atoms with E-state index in [1.54, 1.807) is 184 Å². The number of phenols is 6. The summed E-state index contributed by atoms with van der Waals surface area (Å²) in [7, 11) is 24.0. The van der Waals surface area contributed by atoms with E-state index in [2.05, 4.69) is 0 Å². The van der Waals surface area contributed by atoms with Gasteiger partial charge in [0.1, 0.15) is 121 Å². The van der Waals surface area contributed by atoms with Crippen LogP contribution in [0.1, 0.15) is 157 Å². The van der Waals surface area contributed by atoms with Crippen LogP contribution in [0.3, 0.4) is 0 Å². The van der Waals surface area contributed by atoms with E-state index in [-0.39, 0.29) is 63.8 Å². The summed E-state index contributed by atoms with van der Waals surface area (Å²) in [6, 6.07) is 68.7. The maximum atomic E-state index is 13.9. The lowest BCUT2D eigenvalue weighted by molar-refractivity contribution is 0.102. The van der Waals surface area contributed by atoms with Crippen molar-refractivity contribution in [2.75, 3.05) is 107 Å². The standard InChI is InChI=1S/C28H22O6.C27H30O6.C26H26O6.C26H26O5/c29-15-5-1-13(2-6-15)23-25-19(9-17(31)11-21(25)33)28-24(14-3-7-16(30)8-4-14)27(23)20-10-18(32)12-22(34)26(20)28;1-28-21-11-8-18(9-12-21)7-10-19-13-24(31-4)17-25(32-5)26(19)27(33-6)20-14-22(29-2)16-23(15-20)30-3;1-28-17-8-6-15(7-9-17)20-11-16-10-18(29-2)13-22(31-4)24(16)26(27)21-12-19(30-3)14-23(32-5)25(20)21;1-17-6-8-18(9-7-17)10-11-19-12-23(30-4)16-24(31-5)25(19)26(27)20-13-21(28-2)15-22(14-20)29-3/h1-12,23-24,27-34H;7-17,27H,1-6H3;6-10,12-14,20H,11H2,1-5H3;6-16H,1-5H3/b;10-7+;;11-10+/t23-,24?,27?,28?;;20-;/m1.1./s1. The molecule has 0 saturated heterocycles. The Labute approximate surface area is 755 Å². The molecule has 13 aromatic rings. The van der Waals surface area contributed by atoms with Gasteiger partial charge in [0.25, 0.3) is 0 Å². The molecule has 0 radical (unpaired) electrons. The molecule has 0 amide bonds. The van der Waals surface area contributed by atoms with Crippen molar-refractivity contribution in [3.8, 4) is 115 Å². The van der Waals surface area contributed by atoms with E-state index in [9.17, 15) is 40.2 Å². The number of hydrogen-bond donors (Lipinski definition) is 6. The van der Waals surface area contributed by atoms with E-state index >= 15 is 0 Å². The Bertz CT molecular complexity index is 6230. The Morgan fingerprint density at radius 1 is 0.346 bits per heavy atom. The van der Waals surface area contributed by atoms with Crippen LogP contribution in [0.15, 0.2) is 231 Å². The highest BCUT2D eigenvalue weighted by molar-refractivity contribution is 6.15. The molecule has 0 aromatic heterocycles. The molecular weight excluding hydrogens is 1650 g/mol. The van der Waals surface area contributed by atoms with Crippen molar-refractivity contribution in [2.45, 2.75) is 49.0 Å². The van der Waals surface area contributed by atoms with Crippen LogP contribution in [-0.2, 0) is 11.2 Å². The summed E-state index contributed by atoms with van der Waals surface area (Å²) >= 11 is 0. The van der Waals surface area contributed by atoms with Gasteiger partial charge in [0.15, 0.2) is 11.6 Å². The molecule has 16 rings (SSSR count). The van der Waals surface area contributed by atoms with Gasteiger partial charge < -0.3 is 102 Å². The highest BCUT2D eigenvalue weighted by Crippen LogP contribution is 2.69. The van der Waals surface area contributed by atoms with E-state index in [0.717, 1.165) is 72.7 Å². The third-order valence-corrected chi connectivity index (χ3v) is 23.5. The van der Waals surface area contributed by atoms with Crippen molar-refractivity contribution < 1.29 is 111 Å². The zero-order valence-electron chi connectivity index (χ0n) is 75.0. The lowest BCUT2D eigenvalue weighted by atomic mass is 9.63. The molecule has 0 heterocycles. The molecule has 13 aromatic carbocycles. The molecule has 6 N–H and O–H groups in total. The Morgan fingerprint density at radius 2 is 0.769 bits per heavy atom. The fourth-order valence-corrected chi connectivity index (χ4v) is 17.3. The van der Waals surface area contributed by atoms with Crippen LogP contribution < -0.4 is 66.3 Å². The number of rotatable bonds is 26. The summed E-state index contributed by atoms with van der Waals surface area (Å²) in [5, 5.41) is 62.6. The van der Waals surface area contributed by atoms with E-state index in [4.69, 9.17) is 71.1 Å². The van der Waals surface area contributed by atoms with Crippen molar-refractivity contribution in [3.63, 3.8) is 0 Å². The van der Waals surface area contributed by atoms with Gasteiger partial charge in [-0.1, -0.05) is 103 Å². The number of phenolic OH excluding ortho intramolecular Hbond substituents is 6. The maximum Gasteiger partial charge on any atom is 0.197 e. The fraction of sp³-hybridized carbons (Fsp3) is 0.215. The fourth-order valence-electron chi connectivity index (χ4n) is 17.3. The van der Waals surface area contributed by atoms with Gasteiger partial charge in [-0.3, -0.25) is 9.59 Å². The van der Waals surface area contributed by atoms with Crippen molar-refractivity contribution in [1.29, 1.82) is 0 Å². The third kappa shape index (κ3) is 19.7. The SMILES string of the molecule is COc1cc(OC)cc(C(=O)c2c(/C=C/c3ccc(C)cc3)cc(OC)cc2OC)c1.COc1ccc(/C=C/c2cc(OC)cc(OC)c2C(OC)c2cc(OC)cc(OC)c2)cc1.COc1ccc([C@H]2Cc3cc(OC)cc(OC)c3C(=O)c3cc(OC)cc(OC)c32)cc1.Oc1ccc(C2C3c4cc(O)cc(O)c4[C@@H](c4ccc(O)cc4)C2c2cc(O)cc(O)c23)cc1. The Balaban J connectivity index is 0.000000148. The number of carbonyl (C=O) groups excluding carboxylic acids is 2. The number of ether oxygens (including phenoxy) is 15. The molecule has 4 unspecified atom stereocenters. The summed E-state index contributed by atoms with van der Waals surface area (Å²) in [4.78, 5) is 27.4. The van der Waals surface area contributed by atoms with E-state index in [1.165, 1.54) is 24.8 Å². The van der Waals surface area contributed by atoms with E-state index in [1.807, 2.05) is 165 Å². The average molecular weight is 1760 g/mol. The van der Waals surface area contributed by atoms with Crippen molar-refractivity contribution in [1.82, 2.24) is 0 Å². The highest BCUT2D eigenvalue weighted by atomic mass is 16.5. The number of hydrogen-bond acceptors (Lipinski definition) is 23. The number of ketones is 2. The molecule has 0 fully saturated rings. The Kier molecular flexibility index (Phi) is 29.4. The van der Waals surface area contributed by atoms with Crippen molar-refractivity contribution in [2.24, 2.45) is 0 Å². The summed E-state index contributed by atoms with van der Waals surface area (Å²) in [6.45, 7) is 2.04. The smallest absolute Gasteiger partial charge is 0.197 e. The minimum Gasteiger partial charge on any atom is -0.508 e. The summed E-state index contributed by atoms with van der Waals surface area (Å²) in [5.74, 6) is 6.85. The first-order valence-corrected chi connectivity index (χ1v) is 41.4. The van der Waals surface area contributed by atoms with Crippen LogP contribution in [0, 0.1) is 6.92 Å². The van der Waals surface area contributed by atoms with Crippen molar-refractivity contribution >= 4 is 35.9 Å². The molecule has 2 bridgehead atoms. The second-order valence-corrected chi connectivity index (χ2v) is 30.8. The maximum absolute atomic E-state index is 13.9. The van der Waals surface area contributed by atoms with Gasteiger partial charge in [0.05, 0.1) is 111 Å². The Hall–Kier alpha value is -15.4. The monoisotopic (exact) mass is 1760 g/mol. The van der Waals surface area contributed by atoms with Gasteiger partial charge in [-0.25, -0.2) is 0 Å². The topological polar surface area (TPSA) is 294 Å². The van der Waals surface area contributed by atoms with Crippen LogP contribution >= 0.6 is 0 Å². The zero-order chi connectivity index (χ0) is 92.7. The van der Waals surface area contributed by atoms with Crippen LogP contribution in [0.25, 0.3) is 24.3 Å². The van der Waals surface area contributed by atoms with Gasteiger partial charge in [-0.05, 0) is 184 Å². The molecule has 130 heavy (non-hydrogen) atoms. The minimum atomic E-state index is -0.439. The molecule has 0 aliphatic heterocycles. The number of carbonyl (C=O) groups is 2. The van der Waals surface area contributed by atoms with Gasteiger partial charge in [0.2, 0.25) is 0 Å². The first-order valence-electron chi connectivity index (χ1n) is 41.4. The first kappa shape index (κ1) is 92.3. The van der Waals surface area contributed by atoms with Crippen molar-refractivity contribution in [3.05, 3.63) is 342 Å². The number of benzene rings is 13. The first-order chi connectivity index (χ1) is 62.9. The molecule has 3 aliphatic rings. The number of aromatic hydroxyl groups is 6. The average Bonchev–Trinajstić information content (AvgIpc) is 1.24. The molecule has 0 spiro atoms. The summed E-state index contributed by atoms with van der Waals surface area (Å²) in [6.07, 6.45) is 8.01. The number of fused-ring (bicyclic) bond motifs is 9. The molecule has 6 atom stereocenters. The van der Waals surface area contributed by atoms with Gasteiger partial charge in [-0.2, -0.15) is 0 Å². The van der Waals surface area contributed by atoms with E-state index < -0.39 is 17.9 Å². The quantitative estimate of drug-likeness (QED) is 0.0217. The summed E-state index contributed by atoms with van der Waals surface area (Å²) in [5.41, 5.74) is 15.7. The van der Waals surface area contributed by atoms with Crippen LogP contribution in [-0.4, -0.2) is 149 Å². The predicted molar refractivity (Wildman–Crippen MR) is 498 cm³/mol. The molecule has 0 saturated carbocycles. The van der Waals surface area contributed by atoms with Gasteiger partial charge in [0, 0.05) is 119 Å². The second-order valence-electron chi connectivity index (χ2n) is 30.8. The largest absolute Gasteiger partial charge is 0.508 e. The highest BCUT2D eigenvalue weighted by Gasteiger charge is 2.54. The third-order valence-electron chi connectivity index (χ3n) is 23.5. The zero-order valence-corrected chi connectivity index (χ0v) is 75.0. The lowest BCUT2D eigenvalue weighted by Crippen LogP contribution is -2.26. The lowest BCUT2D eigenvalue weighted by Gasteiger charge is -2.40. The molecule has 3 aliphatic carbocycles. The van der Waals surface area contributed by atoms with Crippen LogP contribution in [0.2, 0.25) is 0 Å². The Morgan fingerprint density at radius 3 is 1.28 bits per heavy atom. The van der Waals surface area contributed by atoms with Gasteiger partial charge >= 0.3 is 0 Å². The number of methoxy groups -OCH3 is 15. The van der Waals surface area contributed by atoms with Crippen LogP contribution in [0.4, 0.5) is 0 Å². The number of aryl methyl sites for hydroxylation is 1. The minimum absolute atomic E-state index is 0.0496. The van der Waals surface area contributed by atoms with Crippen LogP contribution in [0.5, 0.6) is 115 Å². The second kappa shape index (κ2) is 41.4. The predicted octanol–water partition coefficient (Wildman–Crippen LogP) is 20.8. The normalized spacial score (nSPS) is 15.0. The molecule has 23 nitrogen and oxygen atoms in total. The summed E-state index contributed by atoms with van der Waals surface area (Å²) < 4.78 is 82.7. The molecular formula is C107H104O23. The molecule has 670 valence electrons. The van der Waals surface area contributed by atoms with E-state index in [0.29, 0.717) is 120 Å². The van der Waals surface area contributed by atoms with Gasteiger partial charge in [-0.15, -0.1) is 0 Å².